The topological polar surface area (TPSA) is 62.2 Å². The van der Waals surface area contributed by atoms with Crippen LogP contribution in [0.15, 0.2) is 36.7 Å². The fourth-order valence-electron chi connectivity index (χ4n) is 2.67. The maximum atomic E-state index is 12.2. The molecule has 1 aliphatic carbocycles. The van der Waals surface area contributed by atoms with Crippen molar-refractivity contribution in [3.05, 3.63) is 53.3 Å². The zero-order valence-electron chi connectivity index (χ0n) is 11.1. The van der Waals surface area contributed by atoms with Gasteiger partial charge < -0.3 is 10.4 Å². The smallest absolute Gasteiger partial charge is 0.259 e. The van der Waals surface area contributed by atoms with Crippen molar-refractivity contribution in [3.8, 4) is 5.75 Å². The summed E-state index contributed by atoms with van der Waals surface area (Å²) in [5.41, 5.74) is 3.63. The molecule has 0 spiro atoms. The van der Waals surface area contributed by atoms with Crippen LogP contribution in [0.3, 0.4) is 0 Å². The van der Waals surface area contributed by atoms with Crippen LogP contribution in [-0.2, 0) is 12.8 Å². The number of aromatic hydroxyl groups is 1. The maximum Gasteiger partial charge on any atom is 0.259 e. The number of carbonyl (C=O) groups excluding carboxylic acids is 1. The van der Waals surface area contributed by atoms with E-state index in [4.69, 9.17) is 0 Å². The number of hydrogen-bond acceptors (Lipinski definition) is 3. The number of aromatic nitrogens is 1. The molecule has 0 unspecified atom stereocenters. The SMILES string of the molecule is O=C(Nc1cccc2c1CCCC2)c1ccncc1O. The van der Waals surface area contributed by atoms with Crippen molar-refractivity contribution in [2.45, 2.75) is 25.7 Å². The highest BCUT2D eigenvalue weighted by atomic mass is 16.3. The van der Waals surface area contributed by atoms with E-state index >= 15 is 0 Å². The monoisotopic (exact) mass is 268 g/mol. The van der Waals surface area contributed by atoms with Gasteiger partial charge in [-0.2, -0.15) is 0 Å². The number of nitrogens with zero attached hydrogens (tertiary/aromatic N) is 1. The van der Waals surface area contributed by atoms with Crippen LogP contribution in [0.1, 0.15) is 34.3 Å². The van der Waals surface area contributed by atoms with Gasteiger partial charge in [0.2, 0.25) is 0 Å². The minimum Gasteiger partial charge on any atom is -0.505 e. The van der Waals surface area contributed by atoms with E-state index in [1.54, 1.807) is 0 Å². The van der Waals surface area contributed by atoms with Crippen molar-refractivity contribution < 1.29 is 9.90 Å². The molecule has 1 aromatic heterocycles. The van der Waals surface area contributed by atoms with Crippen LogP contribution in [0.2, 0.25) is 0 Å². The van der Waals surface area contributed by atoms with Crippen LogP contribution < -0.4 is 5.32 Å². The molecule has 1 heterocycles. The molecule has 0 aliphatic heterocycles. The van der Waals surface area contributed by atoms with Gasteiger partial charge in [0, 0.05) is 11.9 Å². The molecule has 4 nitrogen and oxygen atoms in total. The average Bonchev–Trinajstić information content (AvgIpc) is 2.48. The summed E-state index contributed by atoms with van der Waals surface area (Å²) in [6.45, 7) is 0. The Morgan fingerprint density at radius 1 is 1.20 bits per heavy atom. The summed E-state index contributed by atoms with van der Waals surface area (Å²) in [6, 6.07) is 7.51. The zero-order chi connectivity index (χ0) is 13.9. The van der Waals surface area contributed by atoms with Gasteiger partial charge in [-0.25, -0.2) is 0 Å². The number of carbonyl (C=O) groups is 1. The van der Waals surface area contributed by atoms with Gasteiger partial charge in [0.1, 0.15) is 5.75 Å². The quantitative estimate of drug-likeness (QED) is 0.880. The van der Waals surface area contributed by atoms with E-state index in [9.17, 15) is 9.90 Å². The van der Waals surface area contributed by atoms with Crippen molar-refractivity contribution in [3.63, 3.8) is 0 Å². The normalized spacial score (nSPS) is 13.6. The number of amides is 1. The molecule has 1 amide bonds. The van der Waals surface area contributed by atoms with Gasteiger partial charge in [-0.3, -0.25) is 9.78 Å². The van der Waals surface area contributed by atoms with Gasteiger partial charge in [0.25, 0.3) is 5.91 Å². The van der Waals surface area contributed by atoms with Gasteiger partial charge in [-0.15, -0.1) is 0 Å². The minimum atomic E-state index is -0.302. The second-order valence-corrected chi connectivity index (χ2v) is 5.00. The first kappa shape index (κ1) is 12.7. The van der Waals surface area contributed by atoms with Gasteiger partial charge >= 0.3 is 0 Å². The van der Waals surface area contributed by atoms with Crippen LogP contribution in [0.4, 0.5) is 5.69 Å². The molecular weight excluding hydrogens is 252 g/mol. The highest BCUT2D eigenvalue weighted by Gasteiger charge is 2.16. The highest BCUT2D eigenvalue weighted by molar-refractivity contribution is 6.06. The molecule has 0 saturated carbocycles. The lowest BCUT2D eigenvalue weighted by molar-refractivity contribution is 0.102. The van der Waals surface area contributed by atoms with Crippen molar-refractivity contribution in [1.29, 1.82) is 0 Å². The summed E-state index contributed by atoms with van der Waals surface area (Å²) in [4.78, 5) is 16.0. The van der Waals surface area contributed by atoms with Crippen molar-refractivity contribution >= 4 is 11.6 Å². The van der Waals surface area contributed by atoms with E-state index in [-0.39, 0.29) is 17.2 Å². The summed E-state index contributed by atoms with van der Waals surface area (Å²) >= 11 is 0. The van der Waals surface area contributed by atoms with E-state index in [0.717, 1.165) is 24.9 Å². The lowest BCUT2D eigenvalue weighted by Gasteiger charge is -2.19. The number of nitrogens with one attached hydrogen (secondary N) is 1. The van der Waals surface area contributed by atoms with Gasteiger partial charge in [0.05, 0.1) is 11.8 Å². The maximum absolute atomic E-state index is 12.2. The summed E-state index contributed by atoms with van der Waals surface area (Å²) < 4.78 is 0. The highest BCUT2D eigenvalue weighted by Crippen LogP contribution is 2.28. The molecule has 0 saturated heterocycles. The second kappa shape index (κ2) is 5.33. The van der Waals surface area contributed by atoms with Crippen LogP contribution in [0.5, 0.6) is 5.75 Å². The molecule has 2 N–H and O–H groups in total. The Hall–Kier alpha value is -2.36. The fraction of sp³-hybridized carbons (Fsp3) is 0.250. The Morgan fingerprint density at radius 2 is 2.05 bits per heavy atom. The molecule has 0 bridgehead atoms. The molecule has 4 heteroatoms. The Morgan fingerprint density at radius 3 is 2.90 bits per heavy atom. The Balaban J connectivity index is 1.89. The summed E-state index contributed by atoms with van der Waals surface area (Å²) in [7, 11) is 0. The minimum absolute atomic E-state index is 0.102. The molecule has 2 aromatic rings. The van der Waals surface area contributed by atoms with Gasteiger partial charge in [-0.1, -0.05) is 12.1 Å². The van der Waals surface area contributed by atoms with Crippen molar-refractivity contribution in [2.75, 3.05) is 5.32 Å². The average molecular weight is 268 g/mol. The molecule has 3 rings (SSSR count). The first-order valence-electron chi connectivity index (χ1n) is 6.81. The number of rotatable bonds is 2. The Kier molecular flexibility index (Phi) is 3.37. The van der Waals surface area contributed by atoms with Gasteiger partial charge in [-0.05, 0) is 48.9 Å². The van der Waals surface area contributed by atoms with Crippen molar-refractivity contribution in [1.82, 2.24) is 4.98 Å². The third-order valence-electron chi connectivity index (χ3n) is 3.69. The van der Waals surface area contributed by atoms with E-state index in [1.165, 1.54) is 36.0 Å². The zero-order valence-corrected chi connectivity index (χ0v) is 11.1. The first-order chi connectivity index (χ1) is 9.75. The predicted molar refractivity (Wildman–Crippen MR) is 76.9 cm³/mol. The standard InChI is InChI=1S/C16H16N2O2/c19-15-10-17-9-8-13(15)16(20)18-14-7-3-5-11-4-1-2-6-12(11)14/h3,5,7-10,19H,1-2,4,6H2,(H,18,20). The third-order valence-corrected chi connectivity index (χ3v) is 3.69. The Labute approximate surface area is 117 Å². The van der Waals surface area contributed by atoms with E-state index in [0.29, 0.717) is 0 Å². The fourth-order valence-corrected chi connectivity index (χ4v) is 2.67. The van der Waals surface area contributed by atoms with E-state index in [2.05, 4.69) is 16.4 Å². The molecule has 0 radical (unpaired) electrons. The predicted octanol–water partition coefficient (Wildman–Crippen LogP) is 2.92. The number of benzene rings is 1. The number of anilines is 1. The van der Waals surface area contributed by atoms with Crippen molar-refractivity contribution in [2.24, 2.45) is 0 Å². The van der Waals surface area contributed by atoms with Crippen LogP contribution in [-0.4, -0.2) is 16.0 Å². The molecule has 1 aromatic carbocycles. The first-order valence-corrected chi connectivity index (χ1v) is 6.81. The van der Waals surface area contributed by atoms with Crippen LogP contribution in [0.25, 0.3) is 0 Å². The summed E-state index contributed by atoms with van der Waals surface area (Å²) in [5.74, 6) is -0.404. The lowest BCUT2D eigenvalue weighted by Crippen LogP contribution is -2.15. The number of pyridine rings is 1. The molecule has 0 fully saturated rings. The molecular formula is C16H16N2O2. The van der Waals surface area contributed by atoms with Gasteiger partial charge in [0.15, 0.2) is 0 Å². The summed E-state index contributed by atoms with van der Waals surface area (Å²) in [6.07, 6.45) is 7.19. The van der Waals surface area contributed by atoms with Crippen LogP contribution in [0, 0.1) is 0 Å². The lowest BCUT2D eigenvalue weighted by atomic mass is 9.90. The van der Waals surface area contributed by atoms with E-state index < -0.39 is 0 Å². The molecule has 1 aliphatic rings. The molecule has 102 valence electrons. The number of hydrogen-bond donors (Lipinski definition) is 2. The number of aryl methyl sites for hydroxylation is 1. The third kappa shape index (κ3) is 2.37. The largest absolute Gasteiger partial charge is 0.505 e. The molecule has 0 atom stereocenters. The molecule has 20 heavy (non-hydrogen) atoms. The Bertz CT molecular complexity index is 653. The summed E-state index contributed by atoms with van der Waals surface area (Å²) in [5, 5.41) is 12.6. The van der Waals surface area contributed by atoms with E-state index in [1.807, 2.05) is 12.1 Å². The second-order valence-electron chi connectivity index (χ2n) is 5.00. The number of fused-ring (bicyclic) bond motifs is 1. The van der Waals surface area contributed by atoms with Crippen LogP contribution >= 0.6 is 0 Å².